The minimum absolute atomic E-state index is 0.0472. The molecule has 0 aliphatic rings. The van der Waals surface area contributed by atoms with Crippen LogP contribution in [0, 0.1) is 15.9 Å². The molecule has 0 bridgehead atoms. The van der Waals surface area contributed by atoms with Crippen LogP contribution in [0.5, 0.6) is 0 Å². The Bertz CT molecular complexity index is 653. The number of nitro groups is 1. The van der Waals surface area contributed by atoms with E-state index in [0.29, 0.717) is 15.2 Å². The number of nitro benzene ring substituents is 1. The van der Waals surface area contributed by atoms with Crippen molar-refractivity contribution in [1.29, 1.82) is 0 Å². The molecule has 0 atom stereocenters. The third-order valence-corrected chi connectivity index (χ3v) is 3.26. The first-order chi connectivity index (χ1) is 9.97. The summed E-state index contributed by atoms with van der Waals surface area (Å²) in [4.78, 5) is 10.1. The third-order valence-electron chi connectivity index (χ3n) is 2.36. The van der Waals surface area contributed by atoms with Gasteiger partial charge in [0.05, 0.1) is 16.3 Å². The van der Waals surface area contributed by atoms with E-state index >= 15 is 0 Å². The molecule has 0 unspecified atom stereocenters. The van der Waals surface area contributed by atoms with Gasteiger partial charge >= 0.3 is 0 Å². The van der Waals surface area contributed by atoms with Crippen molar-refractivity contribution in [3.8, 4) is 0 Å². The van der Waals surface area contributed by atoms with E-state index < -0.39 is 10.7 Å². The quantitative estimate of drug-likeness (QED) is 0.535. The predicted molar refractivity (Wildman–Crippen MR) is 86.8 cm³/mol. The Labute approximate surface area is 135 Å². The highest BCUT2D eigenvalue weighted by Crippen LogP contribution is 2.31. The van der Waals surface area contributed by atoms with E-state index in [-0.39, 0.29) is 11.4 Å². The average Bonchev–Trinajstić information content (AvgIpc) is 2.45. The van der Waals surface area contributed by atoms with Crippen molar-refractivity contribution in [2.75, 3.05) is 5.32 Å². The standard InChI is InChI=1S/C12H7BrClFN2O2.C2H6/c13-9-6-8(17(18)19)2-4-11(9)16-12-3-1-7(14)5-10(12)15;1-2/h1-6,16H;1-2H3. The molecule has 0 saturated carbocycles. The summed E-state index contributed by atoms with van der Waals surface area (Å²) in [5, 5.41) is 13.7. The summed E-state index contributed by atoms with van der Waals surface area (Å²) in [6, 6.07) is 8.40. The van der Waals surface area contributed by atoms with Gasteiger partial charge < -0.3 is 5.32 Å². The molecule has 2 aromatic carbocycles. The number of anilines is 2. The zero-order valence-electron chi connectivity index (χ0n) is 11.4. The number of rotatable bonds is 3. The van der Waals surface area contributed by atoms with Crippen LogP contribution in [0.25, 0.3) is 0 Å². The van der Waals surface area contributed by atoms with E-state index in [1.807, 2.05) is 13.8 Å². The fourth-order valence-corrected chi connectivity index (χ4v) is 2.08. The van der Waals surface area contributed by atoms with Crippen LogP contribution in [0.2, 0.25) is 5.02 Å². The minimum Gasteiger partial charge on any atom is -0.352 e. The smallest absolute Gasteiger partial charge is 0.270 e. The SMILES string of the molecule is CC.O=[N+]([O-])c1ccc(Nc2ccc(Cl)cc2F)c(Br)c1. The molecule has 0 heterocycles. The summed E-state index contributed by atoms with van der Waals surface area (Å²) >= 11 is 8.85. The van der Waals surface area contributed by atoms with Gasteiger partial charge in [0.15, 0.2) is 0 Å². The maximum Gasteiger partial charge on any atom is 0.270 e. The van der Waals surface area contributed by atoms with Crippen molar-refractivity contribution in [3.05, 3.63) is 61.8 Å². The number of nitrogens with zero attached hydrogens (tertiary/aromatic N) is 1. The first-order valence-electron chi connectivity index (χ1n) is 6.13. The zero-order chi connectivity index (χ0) is 16.0. The van der Waals surface area contributed by atoms with E-state index in [1.165, 1.54) is 30.3 Å². The highest BCUT2D eigenvalue weighted by Gasteiger charge is 2.10. The average molecular weight is 376 g/mol. The van der Waals surface area contributed by atoms with Crippen LogP contribution in [0.3, 0.4) is 0 Å². The normalized spacial score (nSPS) is 9.57. The number of benzene rings is 2. The van der Waals surface area contributed by atoms with Gasteiger partial charge in [-0.3, -0.25) is 10.1 Å². The molecule has 2 rings (SSSR count). The van der Waals surface area contributed by atoms with Crippen molar-refractivity contribution in [1.82, 2.24) is 0 Å². The Morgan fingerprint density at radius 1 is 1.19 bits per heavy atom. The van der Waals surface area contributed by atoms with Gasteiger partial charge in [-0.1, -0.05) is 25.4 Å². The van der Waals surface area contributed by atoms with Gasteiger partial charge in [-0.15, -0.1) is 0 Å². The molecule has 4 nitrogen and oxygen atoms in total. The molecule has 112 valence electrons. The highest BCUT2D eigenvalue weighted by molar-refractivity contribution is 9.10. The maximum absolute atomic E-state index is 13.6. The van der Waals surface area contributed by atoms with Crippen LogP contribution in [0.4, 0.5) is 21.5 Å². The van der Waals surface area contributed by atoms with Gasteiger partial charge in [0.2, 0.25) is 0 Å². The summed E-state index contributed by atoms with van der Waals surface area (Å²) < 4.78 is 14.1. The van der Waals surface area contributed by atoms with E-state index in [2.05, 4.69) is 21.2 Å². The van der Waals surface area contributed by atoms with E-state index in [4.69, 9.17) is 11.6 Å². The van der Waals surface area contributed by atoms with E-state index in [9.17, 15) is 14.5 Å². The summed E-state index contributed by atoms with van der Waals surface area (Å²) in [5.41, 5.74) is 0.708. The van der Waals surface area contributed by atoms with Gasteiger partial charge in [-0.25, -0.2) is 4.39 Å². The van der Waals surface area contributed by atoms with Crippen molar-refractivity contribution >= 4 is 44.6 Å². The number of hydrogen-bond donors (Lipinski definition) is 1. The van der Waals surface area contributed by atoms with Crippen LogP contribution in [0.1, 0.15) is 13.8 Å². The first kappa shape index (κ1) is 17.4. The summed E-state index contributed by atoms with van der Waals surface area (Å²) in [6.07, 6.45) is 0. The summed E-state index contributed by atoms with van der Waals surface area (Å²) in [6.45, 7) is 4.00. The summed E-state index contributed by atoms with van der Waals surface area (Å²) in [5.74, 6) is -0.502. The topological polar surface area (TPSA) is 55.2 Å². The Kier molecular flexibility index (Phi) is 6.58. The number of hydrogen-bond acceptors (Lipinski definition) is 3. The lowest BCUT2D eigenvalue weighted by atomic mass is 10.2. The lowest BCUT2D eigenvalue weighted by molar-refractivity contribution is -0.384. The van der Waals surface area contributed by atoms with Gasteiger partial charge in [-0.2, -0.15) is 0 Å². The largest absolute Gasteiger partial charge is 0.352 e. The fraction of sp³-hybridized carbons (Fsp3) is 0.143. The highest BCUT2D eigenvalue weighted by atomic mass is 79.9. The second-order valence-corrected chi connectivity index (χ2v) is 4.96. The molecule has 0 aliphatic carbocycles. The lowest BCUT2D eigenvalue weighted by Gasteiger charge is -2.09. The molecule has 0 amide bonds. The molecule has 0 saturated heterocycles. The third kappa shape index (κ3) is 4.68. The second-order valence-electron chi connectivity index (χ2n) is 3.67. The van der Waals surface area contributed by atoms with E-state index in [0.717, 1.165) is 0 Å². The first-order valence-corrected chi connectivity index (χ1v) is 7.30. The summed E-state index contributed by atoms with van der Waals surface area (Å²) in [7, 11) is 0. The predicted octanol–water partition coefficient (Wildman–Crippen LogP) is 5.92. The minimum atomic E-state index is -0.503. The van der Waals surface area contributed by atoms with Gasteiger partial charge in [-0.05, 0) is 40.2 Å². The van der Waals surface area contributed by atoms with Crippen molar-refractivity contribution in [2.24, 2.45) is 0 Å². The number of non-ortho nitro benzene ring substituents is 1. The van der Waals surface area contributed by atoms with Crippen LogP contribution in [-0.4, -0.2) is 4.92 Å². The molecule has 0 aliphatic heterocycles. The number of halogens is 3. The molecule has 0 fully saturated rings. The molecule has 0 radical (unpaired) electrons. The van der Waals surface area contributed by atoms with Crippen molar-refractivity contribution in [3.63, 3.8) is 0 Å². The fourth-order valence-electron chi connectivity index (χ4n) is 1.45. The van der Waals surface area contributed by atoms with Crippen LogP contribution >= 0.6 is 27.5 Å². The molecule has 0 aromatic heterocycles. The lowest BCUT2D eigenvalue weighted by Crippen LogP contribution is -1.96. The molecule has 1 N–H and O–H groups in total. The monoisotopic (exact) mass is 374 g/mol. The number of nitrogens with one attached hydrogen (secondary N) is 1. The molecule has 2 aromatic rings. The molecule has 21 heavy (non-hydrogen) atoms. The molecular weight excluding hydrogens is 363 g/mol. The molecule has 7 heteroatoms. The van der Waals surface area contributed by atoms with Gasteiger partial charge in [0.25, 0.3) is 5.69 Å². The van der Waals surface area contributed by atoms with E-state index in [1.54, 1.807) is 6.07 Å². The Morgan fingerprint density at radius 2 is 1.81 bits per heavy atom. The van der Waals surface area contributed by atoms with Crippen molar-refractivity contribution in [2.45, 2.75) is 13.8 Å². The van der Waals surface area contributed by atoms with Crippen LogP contribution in [-0.2, 0) is 0 Å². The maximum atomic E-state index is 13.6. The zero-order valence-corrected chi connectivity index (χ0v) is 13.7. The molecule has 0 spiro atoms. The Morgan fingerprint density at radius 3 is 2.33 bits per heavy atom. The Balaban J connectivity index is 0.00000106. The Hall–Kier alpha value is -1.66. The van der Waals surface area contributed by atoms with Crippen LogP contribution < -0.4 is 5.32 Å². The van der Waals surface area contributed by atoms with Crippen molar-refractivity contribution < 1.29 is 9.31 Å². The molecular formula is C14H13BrClFN2O2. The van der Waals surface area contributed by atoms with Gasteiger partial charge in [0.1, 0.15) is 5.82 Å². The van der Waals surface area contributed by atoms with Crippen LogP contribution in [0.15, 0.2) is 40.9 Å². The second kappa shape index (κ2) is 7.95. The van der Waals surface area contributed by atoms with Gasteiger partial charge in [0, 0.05) is 21.6 Å².